The second-order valence-corrected chi connectivity index (χ2v) is 11.4. The fourth-order valence-corrected chi connectivity index (χ4v) is 6.44. The molecule has 0 amide bonds. The molecule has 2 aromatic carbocycles. The molecule has 0 unspecified atom stereocenters. The molecular formula is C18H20N2O5S3. The van der Waals surface area contributed by atoms with Gasteiger partial charge in [-0.3, -0.25) is 0 Å². The van der Waals surface area contributed by atoms with E-state index < -0.39 is 20.0 Å². The Labute approximate surface area is 168 Å². The maximum absolute atomic E-state index is 12.9. The van der Waals surface area contributed by atoms with Crippen LogP contribution in [0.3, 0.4) is 0 Å². The third-order valence-corrected chi connectivity index (χ3v) is 8.99. The number of nitrogens with zero attached hydrogens (tertiary/aromatic N) is 1. The fourth-order valence-electron chi connectivity index (χ4n) is 2.67. The fraction of sp³-hybridized carbons (Fsp3) is 0.222. The zero-order valence-electron chi connectivity index (χ0n) is 15.5. The Morgan fingerprint density at radius 2 is 1.64 bits per heavy atom. The van der Waals surface area contributed by atoms with Crippen LogP contribution < -0.4 is 9.46 Å². The number of benzene rings is 2. The average Bonchev–Trinajstić information content (AvgIpc) is 3.15. The summed E-state index contributed by atoms with van der Waals surface area (Å²) in [5, 5.41) is 1.25. The van der Waals surface area contributed by atoms with Crippen LogP contribution in [-0.2, 0) is 26.6 Å². The van der Waals surface area contributed by atoms with E-state index in [1.165, 1.54) is 33.3 Å². The van der Waals surface area contributed by atoms with Crippen molar-refractivity contribution in [3.8, 4) is 5.75 Å². The van der Waals surface area contributed by atoms with Crippen LogP contribution >= 0.6 is 11.3 Å². The lowest BCUT2D eigenvalue weighted by Crippen LogP contribution is -2.23. The van der Waals surface area contributed by atoms with Gasteiger partial charge in [0.25, 0.3) is 10.0 Å². The normalized spacial score (nSPS) is 12.6. The summed E-state index contributed by atoms with van der Waals surface area (Å²) < 4.78 is 59.2. The lowest BCUT2D eigenvalue weighted by Gasteiger charge is -2.12. The summed E-state index contributed by atoms with van der Waals surface area (Å²) >= 11 is 1.04. The lowest BCUT2D eigenvalue weighted by molar-refractivity contribution is 0.419. The molecule has 3 aromatic rings. The van der Waals surface area contributed by atoms with Gasteiger partial charge in [0.2, 0.25) is 10.0 Å². The van der Waals surface area contributed by atoms with Crippen molar-refractivity contribution in [2.24, 2.45) is 0 Å². The van der Waals surface area contributed by atoms with Crippen LogP contribution in [0.2, 0.25) is 0 Å². The molecule has 1 N–H and O–H groups in total. The van der Waals surface area contributed by atoms with Crippen LogP contribution in [0.4, 0.5) is 0 Å². The molecule has 0 aliphatic heterocycles. The molecule has 10 heteroatoms. The van der Waals surface area contributed by atoms with Gasteiger partial charge in [0, 0.05) is 36.3 Å². The molecular weight excluding hydrogens is 420 g/mol. The number of thiophene rings is 1. The van der Waals surface area contributed by atoms with Crippen molar-refractivity contribution in [2.75, 3.05) is 21.2 Å². The highest BCUT2D eigenvalue weighted by atomic mass is 32.2. The number of hydrogen-bond donors (Lipinski definition) is 1. The molecule has 0 fully saturated rings. The van der Waals surface area contributed by atoms with E-state index in [0.29, 0.717) is 21.4 Å². The molecule has 0 atom stereocenters. The quantitative estimate of drug-likeness (QED) is 0.610. The van der Waals surface area contributed by atoms with Gasteiger partial charge in [0.1, 0.15) is 9.96 Å². The topological polar surface area (TPSA) is 92.8 Å². The Hall–Kier alpha value is -1.98. The second kappa shape index (κ2) is 7.80. The van der Waals surface area contributed by atoms with Gasteiger partial charge in [0.05, 0.1) is 12.0 Å². The van der Waals surface area contributed by atoms with Crippen molar-refractivity contribution in [3.05, 3.63) is 53.4 Å². The number of nitrogens with one attached hydrogen (secondary N) is 1. The molecule has 7 nitrogen and oxygen atoms in total. The van der Waals surface area contributed by atoms with Crippen molar-refractivity contribution in [1.29, 1.82) is 0 Å². The first-order chi connectivity index (χ1) is 13.2. The van der Waals surface area contributed by atoms with E-state index in [4.69, 9.17) is 4.74 Å². The highest BCUT2D eigenvalue weighted by molar-refractivity contribution is 7.91. The van der Waals surface area contributed by atoms with E-state index in [9.17, 15) is 16.8 Å². The van der Waals surface area contributed by atoms with E-state index in [0.717, 1.165) is 15.6 Å². The first-order valence-corrected chi connectivity index (χ1v) is 12.0. The van der Waals surface area contributed by atoms with Crippen LogP contribution in [0.5, 0.6) is 5.75 Å². The van der Waals surface area contributed by atoms with Crippen LogP contribution in [-0.4, -0.2) is 42.3 Å². The number of fused-ring (bicyclic) bond motifs is 1. The zero-order chi connectivity index (χ0) is 20.5. The Morgan fingerprint density at radius 1 is 0.964 bits per heavy atom. The number of sulfonamides is 2. The van der Waals surface area contributed by atoms with Crippen molar-refractivity contribution in [2.45, 2.75) is 15.6 Å². The summed E-state index contributed by atoms with van der Waals surface area (Å²) in [6.45, 7) is -0.00367. The van der Waals surface area contributed by atoms with Crippen LogP contribution in [0.15, 0.2) is 57.6 Å². The molecule has 3 rings (SSSR count). The third-order valence-electron chi connectivity index (χ3n) is 4.16. The number of ether oxygens (including phenoxy) is 1. The SMILES string of the molecule is COc1ccc(S(=O)(=O)NCc2ccc(S(=O)(=O)N(C)C)s2)c2ccccc12. The molecule has 0 saturated carbocycles. The standard InChI is InChI=1S/C18H20N2O5S3/c1-20(2)28(23,24)18-11-8-13(26-18)12-19-27(21,22)17-10-9-16(25-3)14-6-4-5-7-15(14)17/h4-11,19H,12H2,1-3H3. The monoisotopic (exact) mass is 440 g/mol. The third kappa shape index (κ3) is 3.91. The number of hydrogen-bond acceptors (Lipinski definition) is 6. The Morgan fingerprint density at radius 3 is 2.29 bits per heavy atom. The highest BCUT2D eigenvalue weighted by Crippen LogP contribution is 2.31. The van der Waals surface area contributed by atoms with Crippen LogP contribution in [0.1, 0.15) is 4.88 Å². The van der Waals surface area contributed by atoms with Crippen LogP contribution in [0.25, 0.3) is 10.8 Å². The van der Waals surface area contributed by atoms with E-state index in [1.807, 2.05) is 6.07 Å². The summed E-state index contributed by atoms with van der Waals surface area (Å²) in [6.07, 6.45) is 0. The second-order valence-electron chi connectivity index (χ2n) is 6.14. The van der Waals surface area contributed by atoms with Gasteiger partial charge in [-0.1, -0.05) is 24.3 Å². The number of methoxy groups -OCH3 is 1. The molecule has 0 spiro atoms. The molecule has 1 aromatic heterocycles. The van der Waals surface area contributed by atoms with Gasteiger partial charge in [-0.2, -0.15) is 0 Å². The molecule has 0 bridgehead atoms. The predicted molar refractivity (Wildman–Crippen MR) is 110 cm³/mol. The van der Waals surface area contributed by atoms with Crippen molar-refractivity contribution in [3.63, 3.8) is 0 Å². The molecule has 0 aliphatic rings. The Kier molecular flexibility index (Phi) is 5.78. The minimum Gasteiger partial charge on any atom is -0.496 e. The molecule has 150 valence electrons. The van der Waals surface area contributed by atoms with Gasteiger partial charge in [0.15, 0.2) is 0 Å². The average molecular weight is 441 g/mol. The molecule has 0 saturated heterocycles. The van der Waals surface area contributed by atoms with E-state index in [2.05, 4.69) is 4.72 Å². The number of rotatable bonds is 7. The minimum atomic E-state index is -3.81. The maximum Gasteiger partial charge on any atom is 0.252 e. The lowest BCUT2D eigenvalue weighted by atomic mass is 10.1. The van der Waals surface area contributed by atoms with E-state index in [-0.39, 0.29) is 15.6 Å². The first-order valence-electron chi connectivity index (χ1n) is 8.23. The van der Waals surface area contributed by atoms with Gasteiger partial charge in [-0.25, -0.2) is 25.9 Å². The summed E-state index contributed by atoms with van der Waals surface area (Å²) in [4.78, 5) is 0.739. The zero-order valence-corrected chi connectivity index (χ0v) is 18.0. The predicted octanol–water partition coefficient (Wildman–Crippen LogP) is 2.64. The smallest absolute Gasteiger partial charge is 0.252 e. The summed E-state index contributed by atoms with van der Waals surface area (Å²) in [5.41, 5.74) is 0. The highest BCUT2D eigenvalue weighted by Gasteiger charge is 2.22. The van der Waals surface area contributed by atoms with Gasteiger partial charge >= 0.3 is 0 Å². The van der Waals surface area contributed by atoms with Gasteiger partial charge in [-0.05, 0) is 24.3 Å². The van der Waals surface area contributed by atoms with Crippen molar-refractivity contribution < 1.29 is 21.6 Å². The first kappa shape index (κ1) is 20.7. The Bertz CT molecular complexity index is 1220. The summed E-state index contributed by atoms with van der Waals surface area (Å²) in [7, 11) is -2.92. The molecule has 0 aliphatic carbocycles. The van der Waals surface area contributed by atoms with E-state index >= 15 is 0 Å². The summed E-state index contributed by atoms with van der Waals surface area (Å²) in [6, 6.07) is 13.3. The van der Waals surface area contributed by atoms with Crippen molar-refractivity contribution in [1.82, 2.24) is 9.03 Å². The minimum absolute atomic E-state index is 0.00367. The summed E-state index contributed by atoms with van der Waals surface area (Å²) in [5.74, 6) is 0.589. The van der Waals surface area contributed by atoms with Gasteiger partial charge < -0.3 is 4.74 Å². The molecule has 1 heterocycles. The van der Waals surface area contributed by atoms with Crippen molar-refractivity contribution >= 4 is 42.2 Å². The van der Waals surface area contributed by atoms with Gasteiger partial charge in [-0.15, -0.1) is 11.3 Å². The largest absolute Gasteiger partial charge is 0.496 e. The maximum atomic E-state index is 12.9. The molecule has 28 heavy (non-hydrogen) atoms. The van der Waals surface area contributed by atoms with E-state index in [1.54, 1.807) is 30.3 Å². The van der Waals surface area contributed by atoms with Crippen LogP contribution in [0, 0.1) is 0 Å². The molecule has 0 radical (unpaired) electrons. The Balaban J connectivity index is 1.88.